The van der Waals surface area contributed by atoms with Crippen LogP contribution in [0.15, 0.2) is 0 Å². The molecule has 0 bridgehead atoms. The van der Waals surface area contributed by atoms with Crippen molar-refractivity contribution < 1.29 is 32.3 Å². The number of methoxy groups -OCH3 is 1. The van der Waals surface area contributed by atoms with Crippen molar-refractivity contribution in [3.8, 4) is 0 Å². The average molecular weight is 242 g/mol. The highest BCUT2D eigenvalue weighted by molar-refractivity contribution is 7.86. The first-order valence-corrected chi connectivity index (χ1v) is 6.05. The van der Waals surface area contributed by atoms with Gasteiger partial charge in [0.05, 0.1) is 12.9 Å². The molecule has 1 rings (SSSR count). The van der Waals surface area contributed by atoms with Gasteiger partial charge in [-0.2, -0.15) is 8.42 Å². The van der Waals surface area contributed by atoms with Gasteiger partial charge in [-0.1, -0.05) is 0 Å². The predicted octanol–water partition coefficient (Wildman–Crippen LogP) is -1.94. The summed E-state index contributed by atoms with van der Waals surface area (Å²) in [6.45, 7) is -0.163. The summed E-state index contributed by atoms with van der Waals surface area (Å²) in [5.41, 5.74) is 0. The van der Waals surface area contributed by atoms with Gasteiger partial charge in [-0.25, -0.2) is 0 Å². The topological polar surface area (TPSA) is 102 Å². The second-order valence-corrected chi connectivity index (χ2v) is 4.86. The molecule has 0 unspecified atom stereocenters. The zero-order valence-corrected chi connectivity index (χ0v) is 9.18. The van der Waals surface area contributed by atoms with E-state index in [1.807, 2.05) is 0 Å². The zero-order chi connectivity index (χ0) is 11.6. The average Bonchev–Trinajstić information content (AvgIpc) is 2.11. The van der Waals surface area contributed by atoms with Crippen LogP contribution >= 0.6 is 0 Å². The third-order valence-corrected chi connectivity index (χ3v) is 2.56. The SMILES string of the molecule is CO[C@H]1OC[C@@H](OS(C)(=O)=O)[C@@H](O)[C@H]1O. The van der Waals surface area contributed by atoms with Gasteiger partial charge >= 0.3 is 0 Å². The molecule has 8 heteroatoms. The van der Waals surface area contributed by atoms with Gasteiger partial charge in [-0.15, -0.1) is 0 Å². The first kappa shape index (κ1) is 12.8. The predicted molar refractivity (Wildman–Crippen MR) is 48.5 cm³/mol. The smallest absolute Gasteiger partial charge is 0.264 e. The summed E-state index contributed by atoms with van der Waals surface area (Å²) >= 11 is 0. The van der Waals surface area contributed by atoms with Crippen molar-refractivity contribution in [3.05, 3.63) is 0 Å². The molecule has 1 aliphatic rings. The summed E-state index contributed by atoms with van der Waals surface area (Å²) in [4.78, 5) is 0. The minimum atomic E-state index is -3.70. The van der Waals surface area contributed by atoms with Gasteiger partial charge in [0.1, 0.15) is 18.3 Å². The lowest BCUT2D eigenvalue weighted by Crippen LogP contribution is -2.54. The quantitative estimate of drug-likeness (QED) is 0.555. The Kier molecular flexibility index (Phi) is 4.04. The Bertz CT molecular complexity index is 300. The molecule has 0 aromatic rings. The van der Waals surface area contributed by atoms with Crippen molar-refractivity contribution in [2.45, 2.75) is 24.6 Å². The molecule has 1 saturated heterocycles. The van der Waals surface area contributed by atoms with Gasteiger partial charge in [-0.05, 0) is 0 Å². The highest BCUT2D eigenvalue weighted by Gasteiger charge is 2.40. The number of hydrogen-bond acceptors (Lipinski definition) is 7. The molecule has 0 aromatic carbocycles. The molecular weight excluding hydrogens is 228 g/mol. The van der Waals surface area contributed by atoms with E-state index in [-0.39, 0.29) is 6.61 Å². The maximum absolute atomic E-state index is 10.8. The summed E-state index contributed by atoms with van der Waals surface area (Å²) in [6.07, 6.45) is -3.93. The molecule has 2 N–H and O–H groups in total. The summed E-state index contributed by atoms with van der Waals surface area (Å²) in [6, 6.07) is 0. The molecule has 7 nitrogen and oxygen atoms in total. The molecule has 1 heterocycles. The second-order valence-electron chi connectivity index (χ2n) is 3.26. The Balaban J connectivity index is 2.64. The zero-order valence-electron chi connectivity index (χ0n) is 8.36. The molecule has 0 aliphatic carbocycles. The molecule has 1 aliphatic heterocycles. The van der Waals surface area contributed by atoms with Crippen LogP contribution in [-0.2, 0) is 23.8 Å². The maximum Gasteiger partial charge on any atom is 0.264 e. The fraction of sp³-hybridized carbons (Fsp3) is 1.00. The minimum absolute atomic E-state index is 0.163. The Hall–Kier alpha value is -0.250. The number of ether oxygens (including phenoxy) is 2. The van der Waals surface area contributed by atoms with E-state index in [9.17, 15) is 18.6 Å². The molecule has 15 heavy (non-hydrogen) atoms. The summed E-state index contributed by atoms with van der Waals surface area (Å²) in [5.74, 6) is 0. The van der Waals surface area contributed by atoms with Gasteiger partial charge in [0.25, 0.3) is 10.1 Å². The Morgan fingerprint density at radius 1 is 1.33 bits per heavy atom. The lowest BCUT2D eigenvalue weighted by atomic mass is 10.1. The van der Waals surface area contributed by atoms with Crippen LogP contribution in [-0.4, -0.2) is 63.2 Å². The van der Waals surface area contributed by atoms with Crippen LogP contribution in [0, 0.1) is 0 Å². The van der Waals surface area contributed by atoms with E-state index < -0.39 is 34.7 Å². The maximum atomic E-state index is 10.8. The van der Waals surface area contributed by atoms with E-state index in [1.165, 1.54) is 7.11 Å². The van der Waals surface area contributed by atoms with Gasteiger partial charge < -0.3 is 19.7 Å². The molecule has 90 valence electrons. The van der Waals surface area contributed by atoms with Crippen molar-refractivity contribution in [1.82, 2.24) is 0 Å². The van der Waals surface area contributed by atoms with E-state index >= 15 is 0 Å². The molecule has 0 radical (unpaired) electrons. The van der Waals surface area contributed by atoms with Gasteiger partial charge in [0.15, 0.2) is 6.29 Å². The Labute approximate surface area is 87.7 Å². The van der Waals surface area contributed by atoms with Crippen LogP contribution in [0.4, 0.5) is 0 Å². The molecular formula is C7H14O7S. The molecule has 0 amide bonds. The van der Waals surface area contributed by atoms with Crippen molar-refractivity contribution in [2.75, 3.05) is 20.0 Å². The molecule has 1 fully saturated rings. The summed E-state index contributed by atoms with van der Waals surface area (Å²) < 4.78 is 35.8. The highest BCUT2D eigenvalue weighted by atomic mass is 32.2. The van der Waals surface area contributed by atoms with Crippen LogP contribution in [0.2, 0.25) is 0 Å². The van der Waals surface area contributed by atoms with Crippen molar-refractivity contribution in [1.29, 1.82) is 0 Å². The Morgan fingerprint density at radius 2 is 1.93 bits per heavy atom. The van der Waals surface area contributed by atoms with Crippen LogP contribution in [0.3, 0.4) is 0 Å². The van der Waals surface area contributed by atoms with Gasteiger partial charge in [0, 0.05) is 7.11 Å². The van der Waals surface area contributed by atoms with Crippen LogP contribution < -0.4 is 0 Å². The van der Waals surface area contributed by atoms with Gasteiger partial charge in [-0.3, -0.25) is 4.18 Å². The largest absolute Gasteiger partial charge is 0.387 e. The molecule has 0 saturated carbocycles. The van der Waals surface area contributed by atoms with Crippen LogP contribution in [0.5, 0.6) is 0 Å². The third kappa shape index (κ3) is 3.37. The number of aliphatic hydroxyl groups is 2. The fourth-order valence-electron chi connectivity index (χ4n) is 1.28. The van der Waals surface area contributed by atoms with Gasteiger partial charge in [0.2, 0.25) is 0 Å². The summed E-state index contributed by atoms with van der Waals surface area (Å²) in [7, 11) is -2.39. The van der Waals surface area contributed by atoms with Crippen LogP contribution in [0.25, 0.3) is 0 Å². The highest BCUT2D eigenvalue weighted by Crippen LogP contribution is 2.19. The van der Waals surface area contributed by atoms with E-state index in [0.29, 0.717) is 0 Å². The number of rotatable bonds is 3. The minimum Gasteiger partial charge on any atom is -0.387 e. The first-order valence-electron chi connectivity index (χ1n) is 4.24. The van der Waals surface area contributed by atoms with E-state index in [1.54, 1.807) is 0 Å². The molecule has 0 aromatic heterocycles. The summed E-state index contributed by atoms with van der Waals surface area (Å²) in [5, 5.41) is 18.9. The number of hydrogen-bond donors (Lipinski definition) is 2. The molecule has 4 atom stereocenters. The van der Waals surface area contributed by atoms with Crippen LogP contribution in [0.1, 0.15) is 0 Å². The van der Waals surface area contributed by atoms with E-state index in [2.05, 4.69) is 4.18 Å². The van der Waals surface area contributed by atoms with Crippen molar-refractivity contribution in [2.24, 2.45) is 0 Å². The number of aliphatic hydroxyl groups excluding tert-OH is 2. The van der Waals surface area contributed by atoms with E-state index in [4.69, 9.17) is 9.47 Å². The lowest BCUT2D eigenvalue weighted by molar-refractivity contribution is -0.257. The standard InChI is InChI=1S/C7H14O7S/c1-12-7-6(9)5(8)4(3-13-7)14-15(2,10)11/h4-9H,3H2,1-2H3/t4-,5-,6-,7+/m1/s1. The lowest BCUT2D eigenvalue weighted by Gasteiger charge is -2.35. The molecule has 0 spiro atoms. The van der Waals surface area contributed by atoms with Crippen molar-refractivity contribution >= 4 is 10.1 Å². The van der Waals surface area contributed by atoms with E-state index in [0.717, 1.165) is 6.26 Å². The second kappa shape index (κ2) is 4.73. The normalized spacial score (nSPS) is 37.9. The fourth-order valence-corrected chi connectivity index (χ4v) is 1.90. The third-order valence-electron chi connectivity index (χ3n) is 1.97. The monoisotopic (exact) mass is 242 g/mol. The Morgan fingerprint density at radius 3 is 2.40 bits per heavy atom. The van der Waals surface area contributed by atoms with Crippen molar-refractivity contribution in [3.63, 3.8) is 0 Å². The first-order chi connectivity index (χ1) is 6.85.